The van der Waals surface area contributed by atoms with Gasteiger partial charge >= 0.3 is 0 Å². The standard InChI is InChI=1S/C17H17N3/c1-4-6-7-14(5-2)16-18-12-19-17(20-16)15-10-8-13(3)9-11-15/h4-12H,2H2,1,3H3/b6-4+,14-7+. The molecule has 0 amide bonds. The van der Waals surface area contributed by atoms with E-state index in [0.717, 1.165) is 11.1 Å². The normalized spacial score (nSPS) is 11.8. The van der Waals surface area contributed by atoms with Gasteiger partial charge in [0.1, 0.15) is 6.33 Å². The van der Waals surface area contributed by atoms with Crippen LogP contribution in [0.2, 0.25) is 0 Å². The van der Waals surface area contributed by atoms with Gasteiger partial charge < -0.3 is 0 Å². The minimum absolute atomic E-state index is 0.628. The molecule has 20 heavy (non-hydrogen) atoms. The average molecular weight is 263 g/mol. The van der Waals surface area contributed by atoms with Crippen molar-refractivity contribution in [2.24, 2.45) is 0 Å². The lowest BCUT2D eigenvalue weighted by molar-refractivity contribution is 1.03. The first-order valence-corrected chi connectivity index (χ1v) is 6.46. The van der Waals surface area contributed by atoms with Crippen LogP contribution in [0.25, 0.3) is 17.0 Å². The molecule has 0 spiro atoms. The highest BCUT2D eigenvalue weighted by molar-refractivity contribution is 5.71. The molecule has 0 saturated carbocycles. The van der Waals surface area contributed by atoms with E-state index in [1.165, 1.54) is 11.9 Å². The monoisotopic (exact) mass is 263 g/mol. The smallest absolute Gasteiger partial charge is 0.163 e. The molecule has 2 aromatic rings. The lowest BCUT2D eigenvalue weighted by atomic mass is 10.1. The third kappa shape index (κ3) is 3.26. The molecule has 2 rings (SSSR count). The Morgan fingerprint density at radius 1 is 1.15 bits per heavy atom. The van der Waals surface area contributed by atoms with Crippen LogP contribution in [0, 0.1) is 6.92 Å². The van der Waals surface area contributed by atoms with Gasteiger partial charge in [-0.1, -0.05) is 60.7 Å². The number of hydrogen-bond donors (Lipinski definition) is 0. The Kier molecular flexibility index (Phi) is 4.56. The summed E-state index contributed by atoms with van der Waals surface area (Å²) in [6.45, 7) is 7.82. The van der Waals surface area contributed by atoms with Crippen molar-refractivity contribution in [2.45, 2.75) is 13.8 Å². The molecule has 1 aromatic carbocycles. The molecular weight excluding hydrogens is 246 g/mol. The molecule has 0 aliphatic rings. The van der Waals surface area contributed by atoms with Crippen LogP contribution in [0.15, 0.2) is 61.5 Å². The number of rotatable bonds is 4. The summed E-state index contributed by atoms with van der Waals surface area (Å²) in [5, 5.41) is 0. The predicted molar refractivity (Wildman–Crippen MR) is 83.0 cm³/mol. The first-order chi connectivity index (χ1) is 9.74. The summed E-state index contributed by atoms with van der Waals surface area (Å²) in [7, 11) is 0. The lowest BCUT2D eigenvalue weighted by Crippen LogP contribution is -1.97. The molecule has 3 heteroatoms. The number of allylic oxidation sites excluding steroid dienone is 5. The summed E-state index contributed by atoms with van der Waals surface area (Å²) in [6, 6.07) is 8.11. The zero-order chi connectivity index (χ0) is 14.4. The minimum Gasteiger partial charge on any atom is -0.217 e. The zero-order valence-electron chi connectivity index (χ0n) is 11.7. The summed E-state index contributed by atoms with van der Waals surface area (Å²) < 4.78 is 0. The first-order valence-electron chi connectivity index (χ1n) is 6.46. The molecule has 1 aromatic heterocycles. The molecule has 3 nitrogen and oxygen atoms in total. The topological polar surface area (TPSA) is 38.7 Å². The van der Waals surface area contributed by atoms with E-state index in [2.05, 4.69) is 28.5 Å². The van der Waals surface area contributed by atoms with Gasteiger partial charge in [0, 0.05) is 11.1 Å². The lowest BCUT2D eigenvalue weighted by Gasteiger charge is -2.03. The summed E-state index contributed by atoms with van der Waals surface area (Å²) in [5.41, 5.74) is 3.07. The Labute approximate surface area is 119 Å². The Morgan fingerprint density at radius 3 is 2.55 bits per heavy atom. The van der Waals surface area contributed by atoms with Gasteiger partial charge in [0.15, 0.2) is 11.6 Å². The second kappa shape index (κ2) is 6.57. The van der Waals surface area contributed by atoms with Gasteiger partial charge in [0.2, 0.25) is 0 Å². The van der Waals surface area contributed by atoms with E-state index in [9.17, 15) is 0 Å². The molecule has 0 saturated heterocycles. The highest BCUT2D eigenvalue weighted by Crippen LogP contribution is 2.17. The zero-order valence-corrected chi connectivity index (χ0v) is 11.7. The molecule has 0 radical (unpaired) electrons. The Bertz CT molecular complexity index is 652. The van der Waals surface area contributed by atoms with E-state index in [0.29, 0.717) is 11.6 Å². The largest absolute Gasteiger partial charge is 0.217 e. The Hall–Kier alpha value is -2.55. The van der Waals surface area contributed by atoms with E-state index in [1.54, 1.807) is 6.08 Å². The maximum atomic E-state index is 4.50. The fourth-order valence-corrected chi connectivity index (χ4v) is 1.71. The van der Waals surface area contributed by atoms with Crippen LogP contribution in [0.1, 0.15) is 18.3 Å². The molecule has 0 aliphatic carbocycles. The van der Waals surface area contributed by atoms with Gasteiger partial charge in [-0.05, 0) is 13.8 Å². The van der Waals surface area contributed by atoms with Crippen LogP contribution in [-0.4, -0.2) is 15.0 Å². The van der Waals surface area contributed by atoms with Crippen molar-refractivity contribution < 1.29 is 0 Å². The van der Waals surface area contributed by atoms with Crippen molar-refractivity contribution in [3.63, 3.8) is 0 Å². The van der Waals surface area contributed by atoms with E-state index >= 15 is 0 Å². The van der Waals surface area contributed by atoms with E-state index in [1.807, 2.05) is 49.4 Å². The molecule has 1 heterocycles. The third-order valence-corrected chi connectivity index (χ3v) is 2.83. The first kappa shape index (κ1) is 13.9. The molecule has 0 aliphatic heterocycles. The highest BCUT2D eigenvalue weighted by Gasteiger charge is 2.05. The summed E-state index contributed by atoms with van der Waals surface area (Å²) >= 11 is 0. The minimum atomic E-state index is 0.628. The van der Waals surface area contributed by atoms with Crippen LogP contribution in [-0.2, 0) is 0 Å². The van der Waals surface area contributed by atoms with Crippen molar-refractivity contribution in [1.29, 1.82) is 0 Å². The van der Waals surface area contributed by atoms with Gasteiger partial charge in [-0.2, -0.15) is 0 Å². The molecule has 0 fully saturated rings. The SMILES string of the molecule is C=C/C(=C\C=C\C)c1ncnc(-c2ccc(C)cc2)n1. The molecule has 100 valence electrons. The average Bonchev–Trinajstić information content (AvgIpc) is 2.49. The van der Waals surface area contributed by atoms with E-state index in [-0.39, 0.29) is 0 Å². The molecule has 0 bridgehead atoms. The maximum absolute atomic E-state index is 4.50. The van der Waals surface area contributed by atoms with Crippen LogP contribution in [0.3, 0.4) is 0 Å². The fraction of sp³-hybridized carbons (Fsp3) is 0.118. The molecule has 0 N–H and O–H groups in total. The van der Waals surface area contributed by atoms with Gasteiger partial charge in [-0.15, -0.1) is 0 Å². The van der Waals surface area contributed by atoms with Gasteiger partial charge in [-0.3, -0.25) is 0 Å². The van der Waals surface area contributed by atoms with Crippen molar-refractivity contribution >= 4 is 5.57 Å². The van der Waals surface area contributed by atoms with E-state index < -0.39 is 0 Å². The van der Waals surface area contributed by atoms with Crippen molar-refractivity contribution in [1.82, 2.24) is 15.0 Å². The number of nitrogens with zero attached hydrogens (tertiary/aromatic N) is 3. The number of benzene rings is 1. The number of aromatic nitrogens is 3. The van der Waals surface area contributed by atoms with Gasteiger partial charge in [-0.25, -0.2) is 15.0 Å². The maximum Gasteiger partial charge on any atom is 0.163 e. The van der Waals surface area contributed by atoms with Gasteiger partial charge in [0.05, 0.1) is 0 Å². The Morgan fingerprint density at radius 2 is 1.90 bits per heavy atom. The Balaban J connectivity index is 2.41. The van der Waals surface area contributed by atoms with Gasteiger partial charge in [0.25, 0.3) is 0 Å². The van der Waals surface area contributed by atoms with Crippen LogP contribution < -0.4 is 0 Å². The third-order valence-electron chi connectivity index (χ3n) is 2.83. The molecule has 0 atom stereocenters. The highest BCUT2D eigenvalue weighted by atomic mass is 15.0. The second-order valence-corrected chi connectivity index (χ2v) is 4.35. The van der Waals surface area contributed by atoms with Crippen molar-refractivity contribution in [3.8, 4) is 11.4 Å². The molecule has 0 unspecified atom stereocenters. The predicted octanol–water partition coefficient (Wildman–Crippen LogP) is 3.99. The molecular formula is C17H17N3. The summed E-state index contributed by atoms with van der Waals surface area (Å²) in [5.74, 6) is 1.30. The number of hydrogen-bond acceptors (Lipinski definition) is 3. The summed E-state index contributed by atoms with van der Waals surface area (Å²) in [6.07, 6.45) is 9.10. The number of aryl methyl sites for hydroxylation is 1. The summed E-state index contributed by atoms with van der Waals surface area (Å²) in [4.78, 5) is 12.9. The fourth-order valence-electron chi connectivity index (χ4n) is 1.71. The van der Waals surface area contributed by atoms with Crippen molar-refractivity contribution in [3.05, 3.63) is 72.9 Å². The second-order valence-electron chi connectivity index (χ2n) is 4.35. The van der Waals surface area contributed by atoms with E-state index in [4.69, 9.17) is 0 Å². The van der Waals surface area contributed by atoms with Crippen LogP contribution in [0.5, 0.6) is 0 Å². The van der Waals surface area contributed by atoms with Crippen LogP contribution in [0.4, 0.5) is 0 Å². The quantitative estimate of drug-likeness (QED) is 0.783. The van der Waals surface area contributed by atoms with Crippen molar-refractivity contribution in [2.75, 3.05) is 0 Å². The van der Waals surface area contributed by atoms with Crippen LogP contribution >= 0.6 is 0 Å².